The van der Waals surface area contributed by atoms with E-state index >= 15 is 0 Å². The van der Waals surface area contributed by atoms with E-state index in [4.69, 9.17) is 16.3 Å². The molecule has 0 bridgehead atoms. The maximum Gasteiger partial charge on any atom is 0.120 e. The van der Waals surface area contributed by atoms with Gasteiger partial charge in [0.1, 0.15) is 12.4 Å². The highest BCUT2D eigenvalue weighted by Gasteiger charge is 2.02. The highest BCUT2D eigenvalue weighted by atomic mass is 35.5. The van der Waals surface area contributed by atoms with Crippen molar-refractivity contribution in [2.45, 2.75) is 19.4 Å². The fourth-order valence-corrected chi connectivity index (χ4v) is 1.98. The largest absolute Gasteiger partial charge is 0.489 e. The van der Waals surface area contributed by atoms with E-state index in [9.17, 15) is 0 Å². The average Bonchev–Trinajstić information content (AvgIpc) is 2.41. The Hall–Kier alpha value is -1.47. The van der Waals surface area contributed by atoms with Crippen LogP contribution in [0.5, 0.6) is 5.75 Å². The van der Waals surface area contributed by atoms with Crippen molar-refractivity contribution in [1.29, 1.82) is 0 Å². The van der Waals surface area contributed by atoms with Gasteiger partial charge < -0.3 is 4.74 Å². The molecular weight excluding hydrogens is 244 g/mol. The third kappa shape index (κ3) is 3.51. The lowest BCUT2D eigenvalue weighted by atomic mass is 10.1. The molecule has 0 atom stereocenters. The first-order valence-electron chi connectivity index (χ1n) is 6.04. The Labute approximate surface area is 113 Å². The SMILES string of the molecule is [CH2]CCc1cc(OCc2ccccc2)ccc1Cl. The first-order chi connectivity index (χ1) is 8.79. The first kappa shape index (κ1) is 13.0. The van der Waals surface area contributed by atoms with Gasteiger partial charge in [-0.15, -0.1) is 0 Å². The third-order valence-corrected chi connectivity index (χ3v) is 3.08. The van der Waals surface area contributed by atoms with Crippen LogP contribution in [-0.4, -0.2) is 0 Å². The Kier molecular flexibility index (Phi) is 4.66. The summed E-state index contributed by atoms with van der Waals surface area (Å²) in [5.41, 5.74) is 2.25. The van der Waals surface area contributed by atoms with Gasteiger partial charge in [-0.1, -0.05) is 48.9 Å². The predicted octanol–water partition coefficient (Wildman–Crippen LogP) is 4.69. The van der Waals surface area contributed by atoms with Gasteiger partial charge in [-0.25, -0.2) is 0 Å². The van der Waals surface area contributed by atoms with E-state index in [1.54, 1.807) is 0 Å². The second-order valence-electron chi connectivity index (χ2n) is 4.13. The molecule has 0 saturated heterocycles. The fourth-order valence-electron chi connectivity index (χ4n) is 1.76. The summed E-state index contributed by atoms with van der Waals surface area (Å²) < 4.78 is 5.75. The van der Waals surface area contributed by atoms with Gasteiger partial charge >= 0.3 is 0 Å². The number of aryl methyl sites for hydroxylation is 1. The van der Waals surface area contributed by atoms with Crippen LogP contribution in [0.3, 0.4) is 0 Å². The highest BCUT2D eigenvalue weighted by molar-refractivity contribution is 6.31. The van der Waals surface area contributed by atoms with Crippen molar-refractivity contribution in [1.82, 2.24) is 0 Å². The summed E-state index contributed by atoms with van der Waals surface area (Å²) in [7, 11) is 0. The molecule has 0 N–H and O–H groups in total. The molecule has 0 aromatic heterocycles. The van der Waals surface area contributed by atoms with Gasteiger partial charge in [0.05, 0.1) is 0 Å². The monoisotopic (exact) mass is 259 g/mol. The zero-order valence-corrected chi connectivity index (χ0v) is 11.0. The first-order valence-corrected chi connectivity index (χ1v) is 6.42. The minimum absolute atomic E-state index is 0.576. The van der Waals surface area contributed by atoms with Crippen molar-refractivity contribution in [2.24, 2.45) is 0 Å². The number of ether oxygens (including phenoxy) is 1. The zero-order valence-electron chi connectivity index (χ0n) is 10.2. The maximum absolute atomic E-state index is 6.11. The molecule has 1 radical (unpaired) electrons. The number of halogens is 1. The molecular formula is C16H16ClO. The van der Waals surface area contributed by atoms with E-state index in [-0.39, 0.29) is 0 Å². The second kappa shape index (κ2) is 6.46. The molecule has 2 aromatic rings. The van der Waals surface area contributed by atoms with Gasteiger partial charge in [0, 0.05) is 5.02 Å². The summed E-state index contributed by atoms with van der Waals surface area (Å²) in [5, 5.41) is 0.783. The third-order valence-electron chi connectivity index (χ3n) is 2.71. The molecule has 0 amide bonds. The topological polar surface area (TPSA) is 9.23 Å². The van der Waals surface area contributed by atoms with E-state index in [0.29, 0.717) is 6.61 Å². The number of benzene rings is 2. The molecule has 93 valence electrons. The molecule has 0 aliphatic heterocycles. The molecule has 2 heteroatoms. The normalized spacial score (nSPS) is 10.3. The molecule has 2 rings (SSSR count). The molecule has 1 nitrogen and oxygen atoms in total. The van der Waals surface area contributed by atoms with Crippen LogP contribution >= 0.6 is 11.6 Å². The molecule has 0 spiro atoms. The van der Waals surface area contributed by atoms with Gasteiger partial charge in [0.25, 0.3) is 0 Å². The van der Waals surface area contributed by atoms with Crippen molar-refractivity contribution in [3.8, 4) is 5.75 Å². The van der Waals surface area contributed by atoms with Crippen LogP contribution in [-0.2, 0) is 13.0 Å². The second-order valence-corrected chi connectivity index (χ2v) is 4.54. The predicted molar refractivity (Wildman–Crippen MR) is 75.9 cm³/mol. The molecule has 2 aromatic carbocycles. The van der Waals surface area contributed by atoms with Crippen molar-refractivity contribution in [2.75, 3.05) is 0 Å². The van der Waals surface area contributed by atoms with Crippen molar-refractivity contribution in [3.63, 3.8) is 0 Å². The van der Waals surface area contributed by atoms with E-state index in [1.165, 1.54) is 0 Å². The number of hydrogen-bond acceptors (Lipinski definition) is 1. The van der Waals surface area contributed by atoms with E-state index in [0.717, 1.165) is 34.7 Å². The number of hydrogen-bond donors (Lipinski definition) is 0. The molecule has 0 heterocycles. The van der Waals surface area contributed by atoms with E-state index < -0.39 is 0 Å². The van der Waals surface area contributed by atoms with E-state index in [2.05, 4.69) is 6.92 Å². The quantitative estimate of drug-likeness (QED) is 0.757. The molecule has 0 aliphatic carbocycles. The maximum atomic E-state index is 6.11. The van der Waals surface area contributed by atoms with Crippen LogP contribution in [0.4, 0.5) is 0 Å². The van der Waals surface area contributed by atoms with Crippen molar-refractivity contribution >= 4 is 11.6 Å². The van der Waals surface area contributed by atoms with E-state index in [1.807, 2.05) is 48.5 Å². The lowest BCUT2D eigenvalue weighted by molar-refractivity contribution is 0.306. The van der Waals surface area contributed by atoms with Crippen LogP contribution in [0.15, 0.2) is 48.5 Å². The minimum atomic E-state index is 0.576. The Balaban J connectivity index is 2.03. The molecule has 18 heavy (non-hydrogen) atoms. The Bertz CT molecular complexity index is 494. The smallest absolute Gasteiger partial charge is 0.120 e. The molecule has 0 fully saturated rings. The Morgan fingerprint density at radius 2 is 1.83 bits per heavy atom. The summed E-state index contributed by atoms with van der Waals surface area (Å²) in [6.07, 6.45) is 1.71. The standard InChI is InChI=1S/C16H16ClO/c1-2-6-14-11-15(9-10-16(14)17)18-12-13-7-4-3-5-8-13/h3-5,7-11H,1-2,6,12H2. The fraction of sp³-hybridized carbons (Fsp3) is 0.188. The lowest BCUT2D eigenvalue weighted by Crippen LogP contribution is -1.96. The summed E-state index contributed by atoms with van der Waals surface area (Å²) >= 11 is 6.11. The van der Waals surface area contributed by atoms with Gasteiger partial charge in [-0.3, -0.25) is 0 Å². The summed E-state index contributed by atoms with van der Waals surface area (Å²) in [6, 6.07) is 15.9. The van der Waals surface area contributed by atoms with Gasteiger partial charge in [-0.05, 0) is 42.2 Å². The van der Waals surface area contributed by atoms with Crippen LogP contribution in [0, 0.1) is 6.92 Å². The van der Waals surface area contributed by atoms with Gasteiger partial charge in [0.15, 0.2) is 0 Å². The highest BCUT2D eigenvalue weighted by Crippen LogP contribution is 2.23. The van der Waals surface area contributed by atoms with Crippen molar-refractivity contribution < 1.29 is 4.74 Å². The molecule has 0 aliphatic rings. The average molecular weight is 260 g/mol. The molecule has 0 saturated carbocycles. The zero-order chi connectivity index (χ0) is 12.8. The summed E-state index contributed by atoms with van der Waals surface area (Å²) in [5.74, 6) is 0.853. The van der Waals surface area contributed by atoms with Gasteiger partial charge in [-0.2, -0.15) is 0 Å². The van der Waals surface area contributed by atoms with Gasteiger partial charge in [0.2, 0.25) is 0 Å². The Morgan fingerprint density at radius 1 is 1.06 bits per heavy atom. The van der Waals surface area contributed by atoms with Crippen LogP contribution in [0.1, 0.15) is 17.5 Å². The summed E-state index contributed by atoms with van der Waals surface area (Å²) in [4.78, 5) is 0. The minimum Gasteiger partial charge on any atom is -0.489 e. The Morgan fingerprint density at radius 3 is 2.56 bits per heavy atom. The van der Waals surface area contributed by atoms with Crippen LogP contribution in [0.2, 0.25) is 5.02 Å². The van der Waals surface area contributed by atoms with Crippen molar-refractivity contribution in [3.05, 3.63) is 71.6 Å². The summed E-state index contributed by atoms with van der Waals surface area (Å²) in [6.45, 7) is 4.42. The lowest BCUT2D eigenvalue weighted by Gasteiger charge is -2.09. The molecule has 0 unspecified atom stereocenters. The number of rotatable bonds is 5. The van der Waals surface area contributed by atoms with Crippen LogP contribution < -0.4 is 4.74 Å². The van der Waals surface area contributed by atoms with Crippen LogP contribution in [0.25, 0.3) is 0 Å².